The molecule has 0 fully saturated rings. The van der Waals surface area contributed by atoms with Gasteiger partial charge in [-0.25, -0.2) is 4.79 Å². The topological polar surface area (TPSA) is 79.5 Å². The number of hydrogen-bond donors (Lipinski definition) is 3. The van der Waals surface area contributed by atoms with Gasteiger partial charge in [0, 0.05) is 24.4 Å². The molecular formula is C18H18F3N3O3. The monoisotopic (exact) mass is 381 g/mol. The molecular weight excluding hydrogens is 363 g/mol. The Morgan fingerprint density at radius 1 is 1.00 bits per heavy atom. The Balaban J connectivity index is 1.99. The molecule has 0 saturated carbocycles. The van der Waals surface area contributed by atoms with E-state index in [-0.39, 0.29) is 11.6 Å². The van der Waals surface area contributed by atoms with Gasteiger partial charge in [-0.15, -0.1) is 13.2 Å². The average molecular weight is 381 g/mol. The van der Waals surface area contributed by atoms with Crippen LogP contribution >= 0.6 is 0 Å². The van der Waals surface area contributed by atoms with E-state index < -0.39 is 24.2 Å². The molecule has 2 rings (SSSR count). The number of ether oxygens (including phenoxy) is 1. The fourth-order valence-corrected chi connectivity index (χ4v) is 2.31. The van der Waals surface area contributed by atoms with Crippen LogP contribution in [0.15, 0.2) is 48.5 Å². The summed E-state index contributed by atoms with van der Waals surface area (Å²) in [5, 5.41) is 7.76. The second-order valence-corrected chi connectivity index (χ2v) is 5.70. The lowest BCUT2D eigenvalue weighted by molar-refractivity contribution is -0.274. The van der Waals surface area contributed by atoms with Crippen LogP contribution in [-0.4, -0.2) is 18.3 Å². The van der Waals surface area contributed by atoms with E-state index in [1.54, 1.807) is 31.2 Å². The molecule has 9 heteroatoms. The number of carbonyl (C=O) groups excluding carboxylic acids is 2. The highest BCUT2D eigenvalue weighted by atomic mass is 19.4. The highest BCUT2D eigenvalue weighted by Crippen LogP contribution is 2.25. The molecule has 3 amide bonds. The standard InChI is InChI=1S/C18H18F3N3O3/c1-11(13-5-3-6-14(9-13)23-12(2)25)22-17(26)24-15-7-4-8-16(10-15)27-18(19,20)21/h3-11H,1-2H3,(H,23,25)(H2,22,24,26)/t11-/m0/s1. The van der Waals surface area contributed by atoms with Gasteiger partial charge in [0.1, 0.15) is 5.75 Å². The molecule has 1 atom stereocenters. The van der Waals surface area contributed by atoms with Crippen LogP contribution in [0.1, 0.15) is 25.5 Å². The normalized spacial score (nSPS) is 12.0. The van der Waals surface area contributed by atoms with E-state index in [0.29, 0.717) is 5.69 Å². The first-order chi connectivity index (χ1) is 12.6. The average Bonchev–Trinajstić information content (AvgIpc) is 2.53. The Labute approximate surface area is 153 Å². The number of anilines is 2. The van der Waals surface area contributed by atoms with E-state index in [4.69, 9.17) is 0 Å². The van der Waals surface area contributed by atoms with Crippen LogP contribution < -0.4 is 20.7 Å². The maximum atomic E-state index is 12.3. The third kappa shape index (κ3) is 6.89. The SMILES string of the molecule is CC(=O)Nc1cccc([C@H](C)NC(=O)Nc2cccc(OC(F)(F)F)c2)c1. The van der Waals surface area contributed by atoms with E-state index in [9.17, 15) is 22.8 Å². The molecule has 2 aromatic rings. The van der Waals surface area contributed by atoms with E-state index in [0.717, 1.165) is 17.7 Å². The highest BCUT2D eigenvalue weighted by Gasteiger charge is 2.31. The number of carbonyl (C=O) groups is 2. The first-order valence-corrected chi connectivity index (χ1v) is 7.93. The second-order valence-electron chi connectivity index (χ2n) is 5.70. The smallest absolute Gasteiger partial charge is 0.406 e. The lowest BCUT2D eigenvalue weighted by Gasteiger charge is -2.16. The molecule has 144 valence electrons. The van der Waals surface area contributed by atoms with E-state index in [2.05, 4.69) is 20.7 Å². The minimum Gasteiger partial charge on any atom is -0.406 e. The number of amides is 3. The summed E-state index contributed by atoms with van der Waals surface area (Å²) < 4.78 is 40.6. The molecule has 0 aliphatic rings. The molecule has 3 N–H and O–H groups in total. The van der Waals surface area contributed by atoms with Crippen LogP contribution in [0.5, 0.6) is 5.75 Å². The fourth-order valence-electron chi connectivity index (χ4n) is 2.31. The summed E-state index contributed by atoms with van der Waals surface area (Å²) in [5.41, 5.74) is 1.48. The molecule has 2 aromatic carbocycles. The van der Waals surface area contributed by atoms with Crippen molar-refractivity contribution in [1.29, 1.82) is 0 Å². The van der Waals surface area contributed by atoms with E-state index >= 15 is 0 Å². The number of benzene rings is 2. The molecule has 0 saturated heterocycles. The maximum absolute atomic E-state index is 12.3. The first-order valence-electron chi connectivity index (χ1n) is 7.93. The molecule has 0 aliphatic carbocycles. The lowest BCUT2D eigenvalue weighted by atomic mass is 10.1. The third-order valence-corrected chi connectivity index (χ3v) is 3.38. The lowest BCUT2D eigenvalue weighted by Crippen LogP contribution is -2.31. The second kappa shape index (κ2) is 8.43. The summed E-state index contributed by atoms with van der Waals surface area (Å²) in [5.74, 6) is -0.650. The number of nitrogens with one attached hydrogen (secondary N) is 3. The van der Waals surface area contributed by atoms with Crippen LogP contribution in [0, 0.1) is 0 Å². The zero-order valence-corrected chi connectivity index (χ0v) is 14.6. The van der Waals surface area contributed by atoms with Crippen molar-refractivity contribution in [2.24, 2.45) is 0 Å². The Morgan fingerprint density at radius 2 is 1.63 bits per heavy atom. The predicted octanol–water partition coefficient (Wildman–Crippen LogP) is 4.43. The van der Waals surface area contributed by atoms with Crippen molar-refractivity contribution in [3.05, 3.63) is 54.1 Å². The van der Waals surface area contributed by atoms with Crippen molar-refractivity contribution < 1.29 is 27.5 Å². The molecule has 0 heterocycles. The van der Waals surface area contributed by atoms with E-state index in [1.807, 2.05) is 0 Å². The quantitative estimate of drug-likeness (QED) is 0.717. The Morgan fingerprint density at radius 3 is 2.26 bits per heavy atom. The molecule has 27 heavy (non-hydrogen) atoms. The van der Waals surface area contributed by atoms with Gasteiger partial charge in [0.15, 0.2) is 0 Å². The van der Waals surface area contributed by atoms with Gasteiger partial charge in [-0.1, -0.05) is 18.2 Å². The minimum atomic E-state index is -4.81. The van der Waals surface area contributed by atoms with Crippen LogP contribution in [-0.2, 0) is 4.79 Å². The van der Waals surface area contributed by atoms with Gasteiger partial charge in [-0.2, -0.15) is 0 Å². The molecule has 6 nitrogen and oxygen atoms in total. The highest BCUT2D eigenvalue weighted by molar-refractivity contribution is 5.90. The zero-order valence-electron chi connectivity index (χ0n) is 14.6. The minimum absolute atomic E-state index is 0.147. The third-order valence-electron chi connectivity index (χ3n) is 3.38. The fraction of sp³-hybridized carbons (Fsp3) is 0.222. The summed E-state index contributed by atoms with van der Waals surface area (Å²) in [6, 6.07) is 10.9. The van der Waals surface area contributed by atoms with Crippen molar-refractivity contribution in [3.63, 3.8) is 0 Å². The van der Waals surface area contributed by atoms with Gasteiger partial charge in [0.05, 0.1) is 6.04 Å². The van der Waals surface area contributed by atoms with Crippen LogP contribution in [0.4, 0.5) is 29.3 Å². The zero-order chi connectivity index (χ0) is 20.0. The molecule has 0 bridgehead atoms. The van der Waals surface area contributed by atoms with Crippen molar-refractivity contribution in [2.75, 3.05) is 10.6 Å². The summed E-state index contributed by atoms with van der Waals surface area (Å²) in [6.45, 7) is 3.12. The number of hydrogen-bond acceptors (Lipinski definition) is 3. The van der Waals surface area contributed by atoms with Crippen molar-refractivity contribution >= 4 is 23.3 Å². The first kappa shape index (κ1) is 20.1. The Hall–Kier alpha value is -3.23. The van der Waals surface area contributed by atoms with Crippen molar-refractivity contribution in [1.82, 2.24) is 5.32 Å². The number of halogens is 3. The molecule has 0 radical (unpaired) electrons. The summed E-state index contributed by atoms with van der Waals surface area (Å²) in [6.07, 6.45) is -4.81. The van der Waals surface area contributed by atoms with E-state index in [1.165, 1.54) is 19.1 Å². The summed E-state index contributed by atoms with van der Waals surface area (Å²) >= 11 is 0. The van der Waals surface area contributed by atoms with Gasteiger partial charge in [0.25, 0.3) is 0 Å². The van der Waals surface area contributed by atoms with Gasteiger partial charge >= 0.3 is 12.4 Å². The Kier molecular flexibility index (Phi) is 6.27. The van der Waals surface area contributed by atoms with Gasteiger partial charge in [0.2, 0.25) is 5.91 Å². The number of alkyl halides is 3. The van der Waals surface area contributed by atoms with Crippen LogP contribution in [0.2, 0.25) is 0 Å². The van der Waals surface area contributed by atoms with Gasteiger partial charge in [-0.05, 0) is 36.8 Å². The largest absolute Gasteiger partial charge is 0.573 e. The molecule has 0 aliphatic heterocycles. The van der Waals surface area contributed by atoms with Crippen molar-refractivity contribution in [3.8, 4) is 5.75 Å². The number of urea groups is 1. The summed E-state index contributed by atoms with van der Waals surface area (Å²) in [4.78, 5) is 23.2. The predicted molar refractivity (Wildman–Crippen MR) is 94.4 cm³/mol. The van der Waals surface area contributed by atoms with Crippen LogP contribution in [0.3, 0.4) is 0 Å². The Bertz CT molecular complexity index is 825. The number of rotatable bonds is 5. The molecule has 0 unspecified atom stereocenters. The van der Waals surface area contributed by atoms with Gasteiger partial charge in [-0.3, -0.25) is 4.79 Å². The van der Waals surface area contributed by atoms with Gasteiger partial charge < -0.3 is 20.7 Å². The molecule has 0 spiro atoms. The van der Waals surface area contributed by atoms with Crippen LogP contribution in [0.25, 0.3) is 0 Å². The molecule has 0 aromatic heterocycles. The summed E-state index contributed by atoms with van der Waals surface area (Å²) in [7, 11) is 0. The maximum Gasteiger partial charge on any atom is 0.573 e. The van der Waals surface area contributed by atoms with Crippen molar-refractivity contribution in [2.45, 2.75) is 26.3 Å².